The summed E-state index contributed by atoms with van der Waals surface area (Å²) in [5.74, 6) is -0.714. The Kier molecular flexibility index (Phi) is 8.38. The number of rotatable bonds is 6. The Morgan fingerprint density at radius 2 is 1.86 bits per heavy atom. The van der Waals surface area contributed by atoms with Gasteiger partial charge in [-0.3, -0.25) is 19.7 Å². The van der Waals surface area contributed by atoms with Crippen molar-refractivity contribution in [3.05, 3.63) is 38.9 Å². The van der Waals surface area contributed by atoms with Gasteiger partial charge in [0.25, 0.3) is 11.6 Å². The highest BCUT2D eigenvalue weighted by molar-refractivity contribution is 6.34. The lowest BCUT2D eigenvalue weighted by Gasteiger charge is -2.21. The van der Waals surface area contributed by atoms with Gasteiger partial charge in [-0.25, -0.2) is 5.43 Å². The van der Waals surface area contributed by atoms with E-state index >= 15 is 0 Å². The van der Waals surface area contributed by atoms with Gasteiger partial charge in [0.2, 0.25) is 5.91 Å². The molecule has 9 heteroatoms. The first-order valence-corrected chi connectivity index (χ1v) is 9.81. The summed E-state index contributed by atoms with van der Waals surface area (Å²) >= 11 is 5.92. The van der Waals surface area contributed by atoms with Gasteiger partial charge in [-0.15, -0.1) is 0 Å². The van der Waals surface area contributed by atoms with Gasteiger partial charge in [0, 0.05) is 23.9 Å². The van der Waals surface area contributed by atoms with E-state index in [0.717, 1.165) is 31.7 Å². The van der Waals surface area contributed by atoms with Crippen molar-refractivity contribution in [1.29, 1.82) is 0 Å². The van der Waals surface area contributed by atoms with Gasteiger partial charge in [-0.2, -0.15) is 5.10 Å². The number of hydrazone groups is 1. The third-order valence-electron chi connectivity index (χ3n) is 4.64. The van der Waals surface area contributed by atoms with Crippen molar-refractivity contribution in [3.8, 4) is 0 Å². The van der Waals surface area contributed by atoms with Crippen LogP contribution in [0.15, 0.2) is 23.3 Å². The largest absolute Gasteiger partial charge is 0.353 e. The molecule has 1 saturated carbocycles. The number of hydrogen-bond acceptors (Lipinski definition) is 5. The molecule has 0 saturated heterocycles. The number of nitro benzene ring substituents is 1. The van der Waals surface area contributed by atoms with Crippen LogP contribution in [0.25, 0.3) is 0 Å². The smallest absolute Gasteiger partial charge is 0.272 e. The summed E-state index contributed by atoms with van der Waals surface area (Å²) < 4.78 is 0. The number of carbonyl (C=O) groups excluding carboxylic acids is 2. The Morgan fingerprint density at radius 1 is 1.21 bits per heavy atom. The van der Waals surface area contributed by atoms with E-state index in [4.69, 9.17) is 11.6 Å². The summed E-state index contributed by atoms with van der Waals surface area (Å²) in [6.07, 6.45) is 8.03. The maximum Gasteiger partial charge on any atom is 0.272 e. The Hall–Kier alpha value is -2.48. The number of carbonyl (C=O) groups is 2. The molecule has 0 atom stereocenters. The van der Waals surface area contributed by atoms with Crippen molar-refractivity contribution in [1.82, 2.24) is 10.7 Å². The SMILES string of the molecule is C/C(CC(=O)NC1CCCCCCC1)=N\NC(=O)c1ccc([N+](=O)[O-])cc1Cl. The van der Waals surface area contributed by atoms with Crippen molar-refractivity contribution >= 4 is 34.8 Å². The molecule has 1 aromatic carbocycles. The fourth-order valence-corrected chi connectivity index (χ4v) is 3.42. The third-order valence-corrected chi connectivity index (χ3v) is 4.96. The minimum atomic E-state index is -0.598. The quantitative estimate of drug-likeness (QED) is 0.421. The van der Waals surface area contributed by atoms with Crippen LogP contribution in [-0.4, -0.2) is 28.5 Å². The van der Waals surface area contributed by atoms with Crippen LogP contribution in [0, 0.1) is 10.1 Å². The molecule has 0 aliphatic heterocycles. The van der Waals surface area contributed by atoms with Crippen molar-refractivity contribution in [2.45, 2.75) is 64.3 Å². The number of hydrogen-bond donors (Lipinski definition) is 2. The second-order valence-corrected chi connectivity index (χ2v) is 7.40. The molecule has 152 valence electrons. The monoisotopic (exact) mass is 408 g/mol. The zero-order valence-electron chi connectivity index (χ0n) is 15.9. The molecule has 2 N–H and O–H groups in total. The lowest BCUT2D eigenvalue weighted by molar-refractivity contribution is -0.384. The van der Waals surface area contributed by atoms with E-state index in [1.165, 1.54) is 31.4 Å². The second kappa shape index (κ2) is 10.8. The van der Waals surface area contributed by atoms with Crippen molar-refractivity contribution in [2.75, 3.05) is 0 Å². The molecule has 0 radical (unpaired) electrons. The van der Waals surface area contributed by atoms with E-state index in [0.29, 0.717) is 5.71 Å². The van der Waals surface area contributed by atoms with Crippen LogP contribution in [-0.2, 0) is 4.79 Å². The maximum absolute atomic E-state index is 12.2. The van der Waals surface area contributed by atoms with Gasteiger partial charge in [0.05, 0.1) is 21.9 Å². The van der Waals surface area contributed by atoms with Crippen LogP contribution in [0.5, 0.6) is 0 Å². The Morgan fingerprint density at radius 3 is 2.46 bits per heavy atom. The van der Waals surface area contributed by atoms with Gasteiger partial charge in [0.15, 0.2) is 0 Å². The Labute approximate surface area is 168 Å². The molecule has 2 rings (SSSR count). The number of benzene rings is 1. The summed E-state index contributed by atoms with van der Waals surface area (Å²) in [6.45, 7) is 1.65. The average Bonchev–Trinajstić information content (AvgIpc) is 2.61. The molecular weight excluding hydrogens is 384 g/mol. The van der Waals surface area contributed by atoms with Crippen molar-refractivity contribution in [2.24, 2.45) is 5.10 Å². The Bertz CT molecular complexity index is 758. The van der Waals surface area contributed by atoms with Crippen LogP contribution in [0.3, 0.4) is 0 Å². The molecule has 1 aromatic rings. The number of non-ortho nitro benzene ring substituents is 1. The molecule has 0 spiro atoms. The summed E-state index contributed by atoms with van der Waals surface area (Å²) in [5, 5.41) is 17.7. The zero-order valence-corrected chi connectivity index (χ0v) is 16.6. The molecule has 1 fully saturated rings. The summed E-state index contributed by atoms with van der Waals surface area (Å²) in [7, 11) is 0. The maximum atomic E-state index is 12.2. The van der Waals surface area contributed by atoms with Crippen molar-refractivity contribution < 1.29 is 14.5 Å². The highest BCUT2D eigenvalue weighted by atomic mass is 35.5. The van der Waals surface area contributed by atoms with Gasteiger partial charge in [0.1, 0.15) is 0 Å². The van der Waals surface area contributed by atoms with Crippen LogP contribution < -0.4 is 10.7 Å². The van der Waals surface area contributed by atoms with Gasteiger partial charge in [-0.1, -0.05) is 43.7 Å². The molecule has 0 heterocycles. The van der Waals surface area contributed by atoms with Gasteiger partial charge < -0.3 is 5.32 Å². The molecule has 28 heavy (non-hydrogen) atoms. The lowest BCUT2D eigenvalue weighted by Crippen LogP contribution is -2.36. The Balaban J connectivity index is 1.86. The van der Waals surface area contributed by atoms with Crippen LogP contribution in [0.4, 0.5) is 5.69 Å². The molecule has 0 unspecified atom stereocenters. The van der Waals surface area contributed by atoms with Gasteiger partial charge >= 0.3 is 0 Å². The minimum absolute atomic E-state index is 0.0402. The van der Waals surface area contributed by atoms with E-state index < -0.39 is 10.8 Å². The standard InChI is InChI=1S/C19H25ClN4O4/c1-13(11-18(25)21-14-7-5-3-2-4-6-8-14)22-23-19(26)16-10-9-15(24(27)28)12-17(16)20/h9-10,12,14H,2-8,11H2,1H3,(H,21,25)(H,23,26)/b22-13+. The predicted molar refractivity (Wildman–Crippen MR) is 108 cm³/mol. The highest BCUT2D eigenvalue weighted by Gasteiger charge is 2.16. The van der Waals surface area contributed by atoms with E-state index in [9.17, 15) is 19.7 Å². The van der Waals surface area contributed by atoms with Crippen LogP contribution in [0.2, 0.25) is 5.02 Å². The lowest BCUT2D eigenvalue weighted by atomic mass is 9.96. The number of halogens is 1. The topological polar surface area (TPSA) is 114 Å². The summed E-state index contributed by atoms with van der Waals surface area (Å²) in [4.78, 5) is 34.5. The first-order chi connectivity index (χ1) is 13.4. The minimum Gasteiger partial charge on any atom is -0.353 e. The molecule has 2 amide bonds. The average molecular weight is 409 g/mol. The van der Waals surface area contributed by atoms with Crippen LogP contribution >= 0.6 is 11.6 Å². The van der Waals surface area contributed by atoms with E-state index in [1.807, 2.05) is 0 Å². The predicted octanol–water partition coefficient (Wildman–Crippen LogP) is 3.97. The summed E-state index contributed by atoms with van der Waals surface area (Å²) in [6, 6.07) is 3.77. The molecule has 8 nitrogen and oxygen atoms in total. The first kappa shape index (κ1) is 21.8. The number of nitrogens with one attached hydrogen (secondary N) is 2. The molecular formula is C19H25ClN4O4. The first-order valence-electron chi connectivity index (χ1n) is 9.43. The molecule has 0 aromatic heterocycles. The number of amides is 2. The molecule has 1 aliphatic rings. The number of nitro groups is 1. The van der Waals surface area contributed by atoms with Crippen LogP contribution in [0.1, 0.15) is 68.6 Å². The fourth-order valence-electron chi connectivity index (χ4n) is 3.16. The van der Waals surface area contributed by atoms with E-state index in [-0.39, 0.29) is 34.6 Å². The molecule has 1 aliphatic carbocycles. The fraction of sp³-hybridized carbons (Fsp3) is 0.526. The van der Waals surface area contributed by atoms with E-state index in [2.05, 4.69) is 15.8 Å². The highest BCUT2D eigenvalue weighted by Crippen LogP contribution is 2.22. The second-order valence-electron chi connectivity index (χ2n) is 7.00. The summed E-state index contributed by atoms with van der Waals surface area (Å²) in [5.41, 5.74) is 2.65. The number of nitrogens with zero attached hydrogens (tertiary/aromatic N) is 2. The van der Waals surface area contributed by atoms with Crippen molar-refractivity contribution in [3.63, 3.8) is 0 Å². The van der Waals surface area contributed by atoms with Gasteiger partial charge in [-0.05, 0) is 25.8 Å². The van der Waals surface area contributed by atoms with E-state index in [1.54, 1.807) is 6.92 Å². The normalized spacial score (nSPS) is 16.0. The third kappa shape index (κ3) is 6.92. The molecule has 0 bridgehead atoms. The zero-order chi connectivity index (χ0) is 20.5.